The molecule has 39 heavy (non-hydrogen) atoms. The molecule has 0 atom stereocenters. The van der Waals surface area contributed by atoms with Crippen LogP contribution in [0.1, 0.15) is 46.4 Å². The first kappa shape index (κ1) is 24.3. The highest BCUT2D eigenvalue weighted by Gasteiger charge is 2.31. The Morgan fingerprint density at radius 1 is 1.08 bits per heavy atom. The van der Waals surface area contributed by atoms with Crippen LogP contribution in [0.4, 0.5) is 5.95 Å². The molecule has 1 amide bonds. The molecule has 2 bridgehead atoms. The van der Waals surface area contributed by atoms with Crippen molar-refractivity contribution in [3.8, 4) is 17.1 Å². The number of anilines is 1. The normalized spacial score (nSPS) is 18.7. The fourth-order valence-corrected chi connectivity index (χ4v) is 5.96. The number of benzene rings is 1. The van der Waals surface area contributed by atoms with Crippen LogP contribution in [0, 0.1) is 6.92 Å². The van der Waals surface area contributed by atoms with Gasteiger partial charge >= 0.3 is 0 Å². The van der Waals surface area contributed by atoms with Gasteiger partial charge in [-0.2, -0.15) is 5.10 Å². The van der Waals surface area contributed by atoms with E-state index in [0.717, 1.165) is 80.8 Å². The number of carbonyl (C=O) groups excluding carboxylic acids is 1. The first-order valence-electron chi connectivity index (χ1n) is 13.8. The summed E-state index contributed by atoms with van der Waals surface area (Å²) in [4.78, 5) is 25.8. The van der Waals surface area contributed by atoms with Crippen LogP contribution in [-0.2, 0) is 31.3 Å². The van der Waals surface area contributed by atoms with Gasteiger partial charge in [0, 0.05) is 37.9 Å². The fraction of sp³-hybridized carbons (Fsp3) is 0.448. The van der Waals surface area contributed by atoms with Crippen LogP contribution in [0.15, 0.2) is 30.5 Å². The molecular formula is C29H33N7O3. The molecule has 1 fully saturated rings. The number of pyridine rings is 1. The smallest absolute Gasteiger partial charge is 0.258 e. The van der Waals surface area contributed by atoms with Crippen molar-refractivity contribution in [2.75, 3.05) is 31.7 Å². The van der Waals surface area contributed by atoms with E-state index in [9.17, 15) is 4.79 Å². The lowest BCUT2D eigenvalue weighted by atomic mass is 9.96. The Hall–Kier alpha value is -3.76. The average Bonchev–Trinajstić information content (AvgIpc) is 3.44. The molecule has 7 rings (SSSR count). The maximum Gasteiger partial charge on any atom is 0.258 e. The number of carbonyl (C=O) groups is 1. The number of hydrogen-bond acceptors (Lipinski definition) is 7. The minimum absolute atomic E-state index is 0.207. The monoisotopic (exact) mass is 527 g/mol. The lowest BCUT2D eigenvalue weighted by Crippen LogP contribution is -2.50. The zero-order chi connectivity index (χ0) is 26.5. The second-order valence-corrected chi connectivity index (χ2v) is 10.8. The van der Waals surface area contributed by atoms with Crippen LogP contribution < -0.4 is 10.1 Å². The third-order valence-corrected chi connectivity index (χ3v) is 8.14. The van der Waals surface area contributed by atoms with Crippen LogP contribution in [0.5, 0.6) is 5.88 Å². The zero-order valence-corrected chi connectivity index (χ0v) is 22.4. The number of fused-ring (bicyclic) bond motifs is 9. The number of ether oxygens (including phenoxy) is 2. The molecule has 3 aliphatic rings. The summed E-state index contributed by atoms with van der Waals surface area (Å²) in [5.74, 6) is 1.06. The molecule has 0 radical (unpaired) electrons. The molecule has 0 unspecified atom stereocenters. The van der Waals surface area contributed by atoms with Crippen molar-refractivity contribution in [3.05, 3.63) is 52.8 Å². The quantitative estimate of drug-likeness (QED) is 0.403. The fourth-order valence-electron chi connectivity index (χ4n) is 5.96. The van der Waals surface area contributed by atoms with E-state index in [1.807, 2.05) is 14.0 Å². The Balaban J connectivity index is 1.30. The van der Waals surface area contributed by atoms with Crippen LogP contribution in [-0.4, -0.2) is 67.5 Å². The maximum atomic E-state index is 13.6. The summed E-state index contributed by atoms with van der Waals surface area (Å²) in [6.45, 7) is 6.80. The molecular weight excluding hydrogens is 494 g/mol. The first-order valence-corrected chi connectivity index (χ1v) is 13.8. The molecule has 1 N–H and O–H groups in total. The van der Waals surface area contributed by atoms with Crippen molar-refractivity contribution in [2.45, 2.75) is 51.7 Å². The summed E-state index contributed by atoms with van der Waals surface area (Å²) in [6, 6.07) is 8.41. The highest BCUT2D eigenvalue weighted by Crippen LogP contribution is 2.33. The molecule has 0 spiro atoms. The van der Waals surface area contributed by atoms with Gasteiger partial charge in [0.25, 0.3) is 5.91 Å². The van der Waals surface area contributed by atoms with Crippen LogP contribution >= 0.6 is 0 Å². The molecule has 202 valence electrons. The highest BCUT2D eigenvalue weighted by atomic mass is 16.5. The summed E-state index contributed by atoms with van der Waals surface area (Å²) < 4.78 is 15.6. The number of rotatable bonds is 1. The topological polar surface area (TPSA) is 99.3 Å². The van der Waals surface area contributed by atoms with Crippen LogP contribution in [0.25, 0.3) is 22.3 Å². The van der Waals surface area contributed by atoms with Crippen molar-refractivity contribution < 1.29 is 14.3 Å². The van der Waals surface area contributed by atoms with Gasteiger partial charge in [0.15, 0.2) is 0 Å². The van der Waals surface area contributed by atoms with E-state index in [0.29, 0.717) is 35.7 Å². The Kier molecular flexibility index (Phi) is 6.08. The van der Waals surface area contributed by atoms with Gasteiger partial charge in [-0.1, -0.05) is 6.07 Å². The van der Waals surface area contributed by atoms with E-state index in [1.54, 1.807) is 23.0 Å². The molecule has 0 aliphatic carbocycles. The molecule has 1 saturated heterocycles. The third kappa shape index (κ3) is 4.37. The van der Waals surface area contributed by atoms with Crippen LogP contribution in [0.2, 0.25) is 0 Å². The van der Waals surface area contributed by atoms with Gasteiger partial charge in [-0.3, -0.25) is 20.0 Å². The predicted octanol–water partition coefficient (Wildman–Crippen LogP) is 3.71. The minimum atomic E-state index is -0.207. The number of aryl methyl sites for hydroxylation is 3. The van der Waals surface area contributed by atoms with E-state index >= 15 is 0 Å². The second kappa shape index (κ2) is 9.77. The highest BCUT2D eigenvalue weighted by molar-refractivity contribution is 6.05. The summed E-state index contributed by atoms with van der Waals surface area (Å²) >= 11 is 0. The lowest BCUT2D eigenvalue weighted by Gasteiger charge is -2.40. The molecule has 3 aliphatic heterocycles. The Morgan fingerprint density at radius 3 is 2.82 bits per heavy atom. The van der Waals surface area contributed by atoms with Gasteiger partial charge < -0.3 is 14.0 Å². The molecule has 10 nitrogen and oxygen atoms in total. The number of nitrogens with one attached hydrogen (secondary N) is 1. The van der Waals surface area contributed by atoms with Crippen molar-refractivity contribution in [1.29, 1.82) is 0 Å². The molecule has 6 heterocycles. The van der Waals surface area contributed by atoms with E-state index in [-0.39, 0.29) is 5.91 Å². The van der Waals surface area contributed by atoms with Gasteiger partial charge in [-0.15, -0.1) is 0 Å². The SMILES string of the molecule is Cc1cc2cc(n1)-c1cnn(C)c1OCCCCCn1c(nc3ccc4c(c31)CN(C1COC1)CC4)NC2=O. The van der Waals surface area contributed by atoms with E-state index < -0.39 is 0 Å². The summed E-state index contributed by atoms with van der Waals surface area (Å²) in [6.07, 6.45) is 5.62. The van der Waals surface area contributed by atoms with Gasteiger partial charge in [-0.05, 0) is 61.9 Å². The van der Waals surface area contributed by atoms with Gasteiger partial charge in [-0.25, -0.2) is 9.67 Å². The van der Waals surface area contributed by atoms with E-state index in [4.69, 9.17) is 19.4 Å². The second-order valence-electron chi connectivity index (χ2n) is 10.8. The van der Waals surface area contributed by atoms with Gasteiger partial charge in [0.05, 0.1) is 54.4 Å². The Morgan fingerprint density at radius 2 is 1.97 bits per heavy atom. The van der Waals surface area contributed by atoms with Gasteiger partial charge in [0.2, 0.25) is 11.8 Å². The maximum absolute atomic E-state index is 13.6. The molecule has 3 aromatic heterocycles. The minimum Gasteiger partial charge on any atom is -0.477 e. The van der Waals surface area contributed by atoms with E-state index in [1.165, 1.54) is 11.1 Å². The Bertz CT molecular complexity index is 1570. The average molecular weight is 528 g/mol. The largest absolute Gasteiger partial charge is 0.477 e. The van der Waals surface area contributed by atoms with Crippen molar-refractivity contribution in [3.63, 3.8) is 0 Å². The molecule has 0 saturated carbocycles. The Labute approximate surface area is 226 Å². The lowest BCUT2D eigenvalue weighted by molar-refractivity contribution is -0.0693. The molecule has 1 aromatic carbocycles. The van der Waals surface area contributed by atoms with E-state index in [2.05, 4.69) is 32.0 Å². The van der Waals surface area contributed by atoms with Crippen molar-refractivity contribution in [2.24, 2.45) is 7.05 Å². The zero-order valence-electron chi connectivity index (χ0n) is 22.4. The summed E-state index contributed by atoms with van der Waals surface area (Å²) in [5.41, 5.74) is 7.48. The molecule has 4 aromatic rings. The first-order chi connectivity index (χ1) is 19.0. The van der Waals surface area contributed by atoms with Crippen LogP contribution in [0.3, 0.4) is 0 Å². The van der Waals surface area contributed by atoms with Crippen molar-refractivity contribution in [1.82, 2.24) is 29.2 Å². The molecule has 10 heteroatoms. The summed E-state index contributed by atoms with van der Waals surface area (Å²) in [5, 5.41) is 7.53. The predicted molar refractivity (Wildman–Crippen MR) is 147 cm³/mol. The number of imidazole rings is 1. The summed E-state index contributed by atoms with van der Waals surface area (Å²) in [7, 11) is 1.86. The van der Waals surface area contributed by atoms with Crippen molar-refractivity contribution >= 4 is 22.9 Å². The van der Waals surface area contributed by atoms with Gasteiger partial charge in [0.1, 0.15) is 0 Å². The number of hydrogen-bond donors (Lipinski definition) is 1. The number of amides is 1. The third-order valence-electron chi connectivity index (χ3n) is 8.14. The standard InChI is InChI=1S/C29H33N7O3/c1-18-12-20-13-25(31-18)22-14-30-34(2)28(22)39-11-5-3-4-9-36-26-23-15-35(21-16-38-17-21)10-8-19(23)6-7-24(26)32-29(36)33-27(20)37/h6-7,12-14,21H,3-5,8-11,15-17H2,1-2H3,(H,32,33,37). The number of nitrogens with zero attached hydrogens (tertiary/aromatic N) is 6. The number of aromatic nitrogens is 5.